The maximum Gasteiger partial charge on any atom is 0.418 e. The van der Waals surface area contributed by atoms with Crippen LogP contribution < -0.4 is 19.7 Å². The Labute approximate surface area is 253 Å². The first-order valence-electron chi connectivity index (χ1n) is 14.7. The fourth-order valence-electron chi connectivity index (χ4n) is 7.88. The van der Waals surface area contributed by atoms with E-state index >= 15 is 4.39 Å². The van der Waals surface area contributed by atoms with Gasteiger partial charge >= 0.3 is 12.2 Å². The van der Waals surface area contributed by atoms with Crippen LogP contribution in [0.25, 0.3) is 22.2 Å². The number of ether oxygens (including phenoxy) is 2. The first kappa shape index (κ1) is 28.3. The van der Waals surface area contributed by atoms with Crippen LogP contribution >= 0.6 is 11.6 Å². The second-order valence-electron chi connectivity index (χ2n) is 12.4. The van der Waals surface area contributed by atoms with Crippen LogP contribution in [0.2, 0.25) is 5.02 Å². The summed E-state index contributed by atoms with van der Waals surface area (Å²) in [4.78, 5) is 17.4. The van der Waals surface area contributed by atoms with Crippen molar-refractivity contribution in [1.29, 1.82) is 0 Å². The lowest BCUT2D eigenvalue weighted by Gasteiger charge is -2.40. The van der Waals surface area contributed by atoms with Gasteiger partial charge < -0.3 is 24.8 Å². The number of anilines is 1. The van der Waals surface area contributed by atoms with Crippen molar-refractivity contribution >= 4 is 28.3 Å². The molecule has 4 fully saturated rings. The zero-order chi connectivity index (χ0) is 30.5. The normalized spacial score (nSPS) is 29.5. The molecule has 8 rings (SSSR count). The van der Waals surface area contributed by atoms with E-state index in [9.17, 15) is 22.7 Å². The Kier molecular flexibility index (Phi) is 6.35. The van der Waals surface area contributed by atoms with Gasteiger partial charge in [0.15, 0.2) is 5.82 Å². The number of rotatable bonds is 4. The van der Waals surface area contributed by atoms with Gasteiger partial charge in [-0.25, -0.2) is 13.8 Å². The molecule has 44 heavy (non-hydrogen) atoms. The minimum absolute atomic E-state index is 0.0504. The first-order chi connectivity index (χ1) is 21.0. The minimum atomic E-state index is -4.99. The minimum Gasteiger partial charge on any atom is -0.508 e. The molecule has 5 atom stereocenters. The van der Waals surface area contributed by atoms with E-state index < -0.39 is 51.3 Å². The highest BCUT2D eigenvalue weighted by molar-refractivity contribution is 6.32. The molecule has 0 aliphatic carbocycles. The summed E-state index contributed by atoms with van der Waals surface area (Å²) in [6.07, 6.45) is -2.22. The Morgan fingerprint density at radius 2 is 2.02 bits per heavy atom. The summed E-state index contributed by atoms with van der Waals surface area (Å²) in [5.41, 5.74) is -3.70. The molecule has 7 heterocycles. The van der Waals surface area contributed by atoms with Crippen LogP contribution in [0.1, 0.15) is 37.7 Å². The van der Waals surface area contributed by atoms with Crippen molar-refractivity contribution < 1.29 is 36.5 Å². The van der Waals surface area contributed by atoms with Gasteiger partial charge in [0.05, 0.1) is 22.2 Å². The van der Waals surface area contributed by atoms with Crippen molar-refractivity contribution in [2.45, 2.75) is 68.1 Å². The van der Waals surface area contributed by atoms with Crippen molar-refractivity contribution in [3.05, 3.63) is 28.5 Å². The number of benzene rings is 1. The Morgan fingerprint density at radius 3 is 2.84 bits per heavy atom. The van der Waals surface area contributed by atoms with E-state index in [1.54, 1.807) is 0 Å². The number of halogens is 6. The quantitative estimate of drug-likeness (QED) is 0.388. The molecule has 4 saturated heterocycles. The number of pyridine rings is 1. The van der Waals surface area contributed by atoms with E-state index in [0.29, 0.717) is 25.3 Å². The van der Waals surface area contributed by atoms with Gasteiger partial charge in [-0.1, -0.05) is 11.6 Å². The second-order valence-corrected chi connectivity index (χ2v) is 12.8. The van der Waals surface area contributed by atoms with Crippen LogP contribution in [0.15, 0.2) is 12.1 Å². The largest absolute Gasteiger partial charge is 0.508 e. The molecule has 9 nitrogen and oxygen atoms in total. The van der Waals surface area contributed by atoms with Crippen molar-refractivity contribution in [1.82, 2.24) is 25.2 Å². The van der Waals surface area contributed by atoms with Gasteiger partial charge in [0.25, 0.3) is 0 Å². The highest BCUT2D eigenvalue weighted by Crippen LogP contribution is 2.48. The molecule has 0 unspecified atom stereocenters. The van der Waals surface area contributed by atoms with Crippen LogP contribution in [-0.4, -0.2) is 87.6 Å². The van der Waals surface area contributed by atoms with E-state index in [0.717, 1.165) is 44.4 Å². The third-order valence-corrected chi connectivity index (χ3v) is 10.1. The lowest BCUT2D eigenvalue weighted by Crippen LogP contribution is -2.60. The summed E-state index contributed by atoms with van der Waals surface area (Å²) < 4.78 is 85.8. The Morgan fingerprint density at radius 1 is 1.18 bits per heavy atom. The summed E-state index contributed by atoms with van der Waals surface area (Å²) in [7, 11) is 0. The standard InChI is InChI=1S/C29H28ClF5N6O3/c30-17-7-15(42)6-16(21(17)29(33,34)35)23-22(32)24-20-25(41-10-14-2-3-18(36-14)19(41)11-43-26(20)37-23)39-27(38-24)44-12-28-4-1-5-40(28)9-13(31)8-28/h6-7,13-14,18-19,36,42H,1-5,8-12H2/t13-,14+,18-,19-,28-/m0/s1. The van der Waals surface area contributed by atoms with Crippen molar-refractivity contribution in [3.63, 3.8) is 0 Å². The molecule has 0 spiro atoms. The Hall–Kier alpha value is -3.23. The number of phenolic OH excluding ortho intramolecular Hbond substituents is 1. The SMILES string of the molecule is Oc1cc(Cl)c(C(F)(F)F)c(-c2nc3c4c(nc(OC[C@@]56CCCN5C[C@@H](F)C6)nc4c2F)N2C[C@H]4CC[C@H](N4)[C@@H]2CO3)c1. The van der Waals surface area contributed by atoms with Crippen LogP contribution in [0.4, 0.5) is 27.8 Å². The third-order valence-electron chi connectivity index (χ3n) is 9.78. The third kappa shape index (κ3) is 4.35. The number of aromatic hydroxyl groups is 1. The number of piperazine rings is 1. The van der Waals surface area contributed by atoms with Crippen LogP contribution in [0.5, 0.6) is 17.6 Å². The number of hydrogen-bond acceptors (Lipinski definition) is 9. The number of hydrogen-bond donors (Lipinski definition) is 2. The summed E-state index contributed by atoms with van der Waals surface area (Å²) in [5, 5.41) is 13.0. The molecule has 2 aromatic heterocycles. The zero-order valence-electron chi connectivity index (χ0n) is 23.3. The average molecular weight is 639 g/mol. The molecule has 3 aromatic rings. The predicted molar refractivity (Wildman–Crippen MR) is 150 cm³/mol. The van der Waals surface area contributed by atoms with Crippen LogP contribution in [-0.2, 0) is 6.18 Å². The van der Waals surface area contributed by atoms with Gasteiger partial charge in [-0.15, -0.1) is 0 Å². The summed E-state index contributed by atoms with van der Waals surface area (Å²) in [5.74, 6) is -1.58. The van der Waals surface area contributed by atoms with E-state index in [-0.39, 0.29) is 54.1 Å². The number of alkyl halides is 4. The smallest absolute Gasteiger partial charge is 0.418 e. The van der Waals surface area contributed by atoms with Crippen molar-refractivity contribution in [3.8, 4) is 28.9 Å². The lowest BCUT2D eigenvalue weighted by molar-refractivity contribution is -0.137. The topological polar surface area (TPSA) is 95.9 Å². The molecule has 2 bridgehead atoms. The highest BCUT2D eigenvalue weighted by Gasteiger charge is 2.50. The maximum atomic E-state index is 16.6. The average Bonchev–Trinajstić information content (AvgIpc) is 3.59. The first-order valence-corrected chi connectivity index (χ1v) is 15.1. The van der Waals surface area contributed by atoms with Gasteiger partial charge in [0, 0.05) is 37.2 Å². The molecule has 2 N–H and O–H groups in total. The summed E-state index contributed by atoms with van der Waals surface area (Å²) in [6, 6.07) is 1.33. The number of nitrogens with zero attached hydrogens (tertiary/aromatic N) is 5. The van der Waals surface area contributed by atoms with Gasteiger partial charge in [0.1, 0.15) is 47.5 Å². The number of nitrogens with one attached hydrogen (secondary N) is 1. The summed E-state index contributed by atoms with van der Waals surface area (Å²) in [6.45, 7) is 1.80. The monoisotopic (exact) mass is 638 g/mol. The molecule has 15 heteroatoms. The molecule has 5 aliphatic heterocycles. The number of phenols is 1. The molecule has 0 radical (unpaired) electrons. The highest BCUT2D eigenvalue weighted by atomic mass is 35.5. The molecule has 1 aromatic carbocycles. The van der Waals surface area contributed by atoms with Crippen LogP contribution in [0, 0.1) is 5.82 Å². The molecular weight excluding hydrogens is 611 g/mol. The van der Waals surface area contributed by atoms with E-state index in [2.05, 4.69) is 20.2 Å². The van der Waals surface area contributed by atoms with Crippen molar-refractivity contribution in [2.75, 3.05) is 37.7 Å². The zero-order valence-corrected chi connectivity index (χ0v) is 24.1. The van der Waals surface area contributed by atoms with E-state index in [4.69, 9.17) is 26.1 Å². The molecule has 0 amide bonds. The second kappa shape index (κ2) is 9.88. The van der Waals surface area contributed by atoms with Crippen LogP contribution in [0.3, 0.4) is 0 Å². The lowest BCUT2D eigenvalue weighted by atomic mass is 9.95. The Bertz CT molecular complexity index is 1680. The predicted octanol–water partition coefficient (Wildman–Crippen LogP) is 4.87. The van der Waals surface area contributed by atoms with E-state index in [1.165, 1.54) is 0 Å². The molecule has 0 saturated carbocycles. The summed E-state index contributed by atoms with van der Waals surface area (Å²) >= 11 is 5.93. The van der Waals surface area contributed by atoms with Gasteiger partial charge in [-0.05, 0) is 44.4 Å². The molecule has 234 valence electrons. The Balaban J connectivity index is 1.31. The van der Waals surface area contributed by atoms with Gasteiger partial charge in [-0.2, -0.15) is 23.1 Å². The van der Waals surface area contributed by atoms with Gasteiger partial charge in [-0.3, -0.25) is 4.90 Å². The van der Waals surface area contributed by atoms with Crippen molar-refractivity contribution in [2.24, 2.45) is 0 Å². The maximum absolute atomic E-state index is 16.6. The van der Waals surface area contributed by atoms with Gasteiger partial charge in [0.2, 0.25) is 5.88 Å². The fraction of sp³-hybridized carbons (Fsp3) is 0.552. The van der Waals surface area contributed by atoms with E-state index in [1.807, 2.05) is 4.90 Å². The molecule has 5 aliphatic rings. The molecular formula is C29H28ClF5N6O3. The number of fused-ring (bicyclic) bond motifs is 6. The number of aromatic nitrogens is 3. The fourth-order valence-corrected chi connectivity index (χ4v) is 8.20.